The fraction of sp³-hybridized carbons (Fsp3) is 0.727. The molecule has 0 aromatic carbocycles. The van der Waals surface area contributed by atoms with Crippen molar-refractivity contribution in [3.05, 3.63) is 12.2 Å². The highest BCUT2D eigenvalue weighted by Gasteiger charge is 2.30. The van der Waals surface area contributed by atoms with Crippen LogP contribution in [0.1, 0.15) is 39.5 Å². The zero-order valence-corrected chi connectivity index (χ0v) is 8.51. The van der Waals surface area contributed by atoms with E-state index in [0.717, 1.165) is 25.7 Å². The van der Waals surface area contributed by atoms with E-state index < -0.39 is 0 Å². The first-order valence-corrected chi connectivity index (χ1v) is 5.08. The van der Waals surface area contributed by atoms with Crippen LogP contribution in [0.3, 0.4) is 0 Å². The van der Waals surface area contributed by atoms with Crippen molar-refractivity contribution in [3.63, 3.8) is 0 Å². The molecule has 1 aliphatic heterocycles. The molecule has 0 radical (unpaired) electrons. The topological polar surface area (TPSA) is 26.3 Å². The van der Waals surface area contributed by atoms with E-state index >= 15 is 0 Å². The van der Waals surface area contributed by atoms with Gasteiger partial charge >= 0.3 is 5.97 Å². The Kier molecular flexibility index (Phi) is 3.52. The number of hydrogen-bond acceptors (Lipinski definition) is 2. The van der Waals surface area contributed by atoms with E-state index in [9.17, 15) is 4.79 Å². The Morgan fingerprint density at radius 2 is 2.23 bits per heavy atom. The van der Waals surface area contributed by atoms with Crippen LogP contribution in [0.4, 0.5) is 0 Å². The van der Waals surface area contributed by atoms with Crippen LogP contribution >= 0.6 is 0 Å². The van der Waals surface area contributed by atoms with Crippen molar-refractivity contribution in [2.45, 2.75) is 45.6 Å². The van der Waals surface area contributed by atoms with Gasteiger partial charge in [0.15, 0.2) is 0 Å². The molecule has 2 nitrogen and oxygen atoms in total. The summed E-state index contributed by atoms with van der Waals surface area (Å²) in [6.45, 7) is 7.97. The van der Waals surface area contributed by atoms with Crippen LogP contribution in [0.25, 0.3) is 0 Å². The summed E-state index contributed by atoms with van der Waals surface area (Å²) in [6, 6.07) is 0. The van der Waals surface area contributed by atoms with Gasteiger partial charge in [0, 0.05) is 5.57 Å². The van der Waals surface area contributed by atoms with E-state index in [1.165, 1.54) is 0 Å². The van der Waals surface area contributed by atoms with E-state index in [0.29, 0.717) is 11.5 Å². The lowest BCUT2D eigenvalue weighted by atomic mass is 9.88. The number of ether oxygens (including phenoxy) is 1. The lowest BCUT2D eigenvalue weighted by Gasteiger charge is -2.29. The molecule has 2 unspecified atom stereocenters. The third-order valence-electron chi connectivity index (χ3n) is 2.68. The predicted octanol–water partition coefficient (Wildman–Crippen LogP) is 2.68. The Morgan fingerprint density at radius 3 is 2.77 bits per heavy atom. The minimum absolute atomic E-state index is 0.132. The van der Waals surface area contributed by atoms with Crippen LogP contribution in [-0.2, 0) is 9.53 Å². The van der Waals surface area contributed by atoms with Gasteiger partial charge in [-0.3, -0.25) is 0 Å². The van der Waals surface area contributed by atoms with Crippen LogP contribution in [0.2, 0.25) is 0 Å². The molecule has 0 spiro atoms. The first-order valence-electron chi connectivity index (χ1n) is 5.08. The molecule has 74 valence electrons. The van der Waals surface area contributed by atoms with Gasteiger partial charge in [0.05, 0.1) is 0 Å². The highest BCUT2D eigenvalue weighted by Crippen LogP contribution is 2.29. The molecule has 0 aromatic rings. The summed E-state index contributed by atoms with van der Waals surface area (Å²) >= 11 is 0. The predicted molar refractivity (Wildman–Crippen MR) is 52.3 cm³/mol. The zero-order valence-electron chi connectivity index (χ0n) is 8.51. The monoisotopic (exact) mass is 182 g/mol. The molecule has 1 fully saturated rings. The van der Waals surface area contributed by atoms with Crippen molar-refractivity contribution in [3.8, 4) is 0 Å². The molecule has 0 bridgehead atoms. The summed E-state index contributed by atoms with van der Waals surface area (Å²) in [4.78, 5) is 11.3. The summed E-state index contributed by atoms with van der Waals surface area (Å²) in [7, 11) is 0. The van der Waals surface area contributed by atoms with Crippen LogP contribution in [0.5, 0.6) is 0 Å². The van der Waals surface area contributed by atoms with Crippen molar-refractivity contribution in [1.29, 1.82) is 0 Å². The maximum Gasteiger partial charge on any atom is 0.333 e. The third-order valence-corrected chi connectivity index (χ3v) is 2.68. The number of carbonyl (C=O) groups excluding carboxylic acids is 1. The van der Waals surface area contributed by atoms with Gasteiger partial charge in [-0.25, -0.2) is 4.79 Å². The zero-order chi connectivity index (χ0) is 9.84. The quantitative estimate of drug-likeness (QED) is 0.495. The molecule has 1 rings (SSSR count). The maximum absolute atomic E-state index is 11.3. The molecule has 13 heavy (non-hydrogen) atoms. The molecule has 1 saturated heterocycles. The molecule has 0 aromatic heterocycles. The third kappa shape index (κ3) is 2.33. The van der Waals surface area contributed by atoms with Crippen LogP contribution in [-0.4, -0.2) is 12.1 Å². The van der Waals surface area contributed by atoms with E-state index in [2.05, 4.69) is 20.4 Å². The van der Waals surface area contributed by atoms with Crippen molar-refractivity contribution >= 4 is 5.97 Å². The van der Waals surface area contributed by atoms with Gasteiger partial charge in [0.1, 0.15) is 6.10 Å². The van der Waals surface area contributed by atoms with E-state index in [1.807, 2.05) is 0 Å². The lowest BCUT2D eigenvalue weighted by Crippen LogP contribution is -2.31. The molecule has 1 heterocycles. The number of hydrogen-bond donors (Lipinski definition) is 0. The second kappa shape index (κ2) is 4.45. The molecule has 2 atom stereocenters. The normalized spacial score (nSPS) is 28.8. The summed E-state index contributed by atoms with van der Waals surface area (Å²) in [6.07, 6.45) is 4.15. The van der Waals surface area contributed by atoms with Gasteiger partial charge in [-0.05, 0) is 25.2 Å². The van der Waals surface area contributed by atoms with Crippen LogP contribution in [0, 0.1) is 5.92 Å². The van der Waals surface area contributed by atoms with Gasteiger partial charge < -0.3 is 4.74 Å². The van der Waals surface area contributed by atoms with Crippen molar-refractivity contribution in [2.75, 3.05) is 0 Å². The Labute approximate surface area is 80.0 Å². The fourth-order valence-electron chi connectivity index (χ4n) is 1.81. The van der Waals surface area contributed by atoms with Gasteiger partial charge in [-0.1, -0.05) is 26.8 Å². The van der Waals surface area contributed by atoms with Crippen LogP contribution < -0.4 is 0 Å². The smallest absolute Gasteiger partial charge is 0.333 e. The standard InChI is InChI=1S/C11H18O2/c1-4-6-10-7-9(5-2)8(3)11(12)13-10/h9-10H,3-7H2,1-2H3. The molecular weight excluding hydrogens is 164 g/mol. The van der Waals surface area contributed by atoms with Crippen LogP contribution in [0.15, 0.2) is 12.2 Å². The number of carbonyl (C=O) groups is 1. The average Bonchev–Trinajstić information content (AvgIpc) is 2.11. The highest BCUT2D eigenvalue weighted by molar-refractivity contribution is 5.89. The summed E-state index contributed by atoms with van der Waals surface area (Å²) in [5.74, 6) is 0.161. The number of rotatable bonds is 3. The van der Waals surface area contributed by atoms with Gasteiger partial charge in [-0.15, -0.1) is 0 Å². The van der Waals surface area contributed by atoms with Gasteiger partial charge in [0.25, 0.3) is 0 Å². The largest absolute Gasteiger partial charge is 0.459 e. The molecular formula is C11H18O2. The van der Waals surface area contributed by atoms with E-state index in [1.54, 1.807) is 0 Å². The highest BCUT2D eigenvalue weighted by atomic mass is 16.5. The van der Waals surface area contributed by atoms with E-state index in [-0.39, 0.29) is 12.1 Å². The maximum atomic E-state index is 11.3. The summed E-state index contributed by atoms with van der Waals surface area (Å²) in [5.41, 5.74) is 0.662. The molecule has 0 saturated carbocycles. The molecule has 0 amide bonds. The first kappa shape index (κ1) is 10.3. The Morgan fingerprint density at radius 1 is 1.54 bits per heavy atom. The minimum atomic E-state index is -0.184. The van der Waals surface area contributed by atoms with Crippen molar-refractivity contribution < 1.29 is 9.53 Å². The summed E-state index contributed by atoms with van der Waals surface area (Å²) < 4.78 is 5.23. The first-order chi connectivity index (χ1) is 6.19. The molecule has 2 heteroatoms. The minimum Gasteiger partial charge on any atom is -0.459 e. The van der Waals surface area contributed by atoms with Crippen molar-refractivity contribution in [1.82, 2.24) is 0 Å². The average molecular weight is 182 g/mol. The van der Waals surface area contributed by atoms with Gasteiger partial charge in [-0.2, -0.15) is 0 Å². The van der Waals surface area contributed by atoms with Crippen molar-refractivity contribution in [2.24, 2.45) is 5.92 Å². The molecule has 1 aliphatic rings. The molecule has 0 aliphatic carbocycles. The molecule has 0 N–H and O–H groups in total. The Bertz CT molecular complexity index is 208. The fourth-order valence-corrected chi connectivity index (χ4v) is 1.81. The van der Waals surface area contributed by atoms with E-state index in [4.69, 9.17) is 4.74 Å². The second-order valence-corrected chi connectivity index (χ2v) is 3.68. The number of esters is 1. The lowest BCUT2D eigenvalue weighted by molar-refractivity contribution is -0.149. The summed E-state index contributed by atoms with van der Waals surface area (Å²) in [5, 5.41) is 0. The Hall–Kier alpha value is -0.790. The van der Waals surface area contributed by atoms with Gasteiger partial charge in [0.2, 0.25) is 0 Å². The second-order valence-electron chi connectivity index (χ2n) is 3.68. The Balaban J connectivity index is 2.58. The SMILES string of the molecule is C=C1C(=O)OC(CCC)CC1CC. The number of cyclic esters (lactones) is 1.